The number of hydrogen-bond acceptors (Lipinski definition) is 3. The minimum Gasteiger partial charge on any atom is -0.311 e. The Bertz CT molecular complexity index is 290. The Labute approximate surface area is 85.7 Å². The molecule has 0 fully saturated rings. The minimum atomic E-state index is 0.258. The van der Waals surface area contributed by atoms with Gasteiger partial charge in [0.2, 0.25) is 0 Å². The molecule has 4 heteroatoms. The smallest absolute Gasteiger partial charge is 0.151 e. The Morgan fingerprint density at radius 3 is 2.50 bits per heavy atom. The predicted molar refractivity (Wildman–Crippen MR) is 57.0 cm³/mol. The molecule has 1 N–H and O–H groups in total. The number of nitrogens with zero attached hydrogens (tertiary/aromatic N) is 3. The number of hydrogen-bond donors (Lipinski definition) is 1. The number of rotatable bonds is 4. The second-order valence-corrected chi connectivity index (χ2v) is 4.12. The molecule has 0 radical (unpaired) electrons. The molecule has 0 aliphatic rings. The maximum Gasteiger partial charge on any atom is 0.151 e. The van der Waals surface area contributed by atoms with Crippen LogP contribution in [0, 0.1) is 5.92 Å². The summed E-state index contributed by atoms with van der Waals surface area (Å²) in [5.41, 5.74) is 0. The van der Waals surface area contributed by atoms with Gasteiger partial charge in [-0.3, -0.25) is 4.68 Å². The van der Waals surface area contributed by atoms with E-state index in [1.807, 2.05) is 18.8 Å². The van der Waals surface area contributed by atoms with E-state index in [-0.39, 0.29) is 6.04 Å². The van der Waals surface area contributed by atoms with E-state index in [2.05, 4.69) is 36.2 Å². The highest BCUT2D eigenvalue weighted by Crippen LogP contribution is 2.10. The first-order valence-corrected chi connectivity index (χ1v) is 5.11. The Morgan fingerprint density at radius 2 is 2.00 bits per heavy atom. The van der Waals surface area contributed by atoms with Crippen LogP contribution in [0.25, 0.3) is 0 Å². The van der Waals surface area contributed by atoms with Crippen LogP contribution in [0.1, 0.15) is 38.5 Å². The Hall–Kier alpha value is -0.900. The highest BCUT2D eigenvalue weighted by atomic mass is 15.3. The molecular formula is C10H20N4. The molecule has 1 rings (SSSR count). The van der Waals surface area contributed by atoms with E-state index in [1.165, 1.54) is 0 Å². The average Bonchev–Trinajstić information content (AvgIpc) is 2.44. The van der Waals surface area contributed by atoms with Crippen molar-refractivity contribution >= 4 is 0 Å². The zero-order valence-corrected chi connectivity index (χ0v) is 9.70. The highest BCUT2D eigenvalue weighted by molar-refractivity contribution is 4.97. The summed E-state index contributed by atoms with van der Waals surface area (Å²) in [6.07, 6.45) is 0.949. The van der Waals surface area contributed by atoms with E-state index in [4.69, 9.17) is 0 Å². The number of nitrogens with one attached hydrogen (secondary N) is 1. The van der Waals surface area contributed by atoms with Crippen molar-refractivity contribution in [3.05, 3.63) is 11.6 Å². The third-order valence-corrected chi connectivity index (χ3v) is 2.25. The van der Waals surface area contributed by atoms with Crippen molar-refractivity contribution in [2.75, 3.05) is 7.05 Å². The normalized spacial score (nSPS) is 13.6. The van der Waals surface area contributed by atoms with Gasteiger partial charge in [-0.1, -0.05) is 13.8 Å². The first kappa shape index (κ1) is 11.2. The second kappa shape index (κ2) is 4.55. The summed E-state index contributed by atoms with van der Waals surface area (Å²) in [7, 11) is 3.88. The molecule has 0 spiro atoms. The standard InChI is InChI=1S/C10H20N4/c1-7(2)6-9-12-10(8(3)11-4)14(5)13-9/h7-8,11H,6H2,1-5H3. The fraction of sp³-hybridized carbons (Fsp3) is 0.800. The molecule has 0 aromatic carbocycles. The van der Waals surface area contributed by atoms with Gasteiger partial charge in [0.05, 0.1) is 6.04 Å². The van der Waals surface area contributed by atoms with E-state index >= 15 is 0 Å². The van der Waals surface area contributed by atoms with Gasteiger partial charge in [-0.05, 0) is 19.9 Å². The van der Waals surface area contributed by atoms with Crippen LogP contribution in [0.3, 0.4) is 0 Å². The van der Waals surface area contributed by atoms with Crippen LogP contribution in [-0.2, 0) is 13.5 Å². The highest BCUT2D eigenvalue weighted by Gasteiger charge is 2.12. The summed E-state index contributed by atoms with van der Waals surface area (Å²) in [5, 5.41) is 7.55. The molecular weight excluding hydrogens is 176 g/mol. The van der Waals surface area contributed by atoms with Crippen LogP contribution in [0.4, 0.5) is 0 Å². The maximum absolute atomic E-state index is 4.51. The molecule has 0 aliphatic carbocycles. The van der Waals surface area contributed by atoms with E-state index < -0.39 is 0 Å². The van der Waals surface area contributed by atoms with E-state index in [9.17, 15) is 0 Å². The molecule has 1 heterocycles. The van der Waals surface area contributed by atoms with E-state index in [0.29, 0.717) is 5.92 Å². The number of aromatic nitrogens is 3. The maximum atomic E-state index is 4.51. The zero-order chi connectivity index (χ0) is 10.7. The third kappa shape index (κ3) is 2.54. The monoisotopic (exact) mass is 196 g/mol. The molecule has 1 aromatic heterocycles. The van der Waals surface area contributed by atoms with Gasteiger partial charge in [-0.25, -0.2) is 4.98 Å². The van der Waals surface area contributed by atoms with Crippen molar-refractivity contribution in [2.45, 2.75) is 33.2 Å². The van der Waals surface area contributed by atoms with Crippen LogP contribution in [0.15, 0.2) is 0 Å². The van der Waals surface area contributed by atoms with Crippen LogP contribution in [0.5, 0.6) is 0 Å². The first-order valence-electron chi connectivity index (χ1n) is 5.11. The first-order chi connectivity index (χ1) is 6.54. The molecule has 0 bridgehead atoms. The van der Waals surface area contributed by atoms with E-state index in [1.54, 1.807) is 0 Å². The van der Waals surface area contributed by atoms with Crippen LogP contribution in [0.2, 0.25) is 0 Å². The molecule has 80 valence electrons. The van der Waals surface area contributed by atoms with Gasteiger partial charge in [0.15, 0.2) is 5.82 Å². The Kier molecular flexibility index (Phi) is 3.63. The van der Waals surface area contributed by atoms with Gasteiger partial charge < -0.3 is 5.32 Å². The van der Waals surface area contributed by atoms with E-state index in [0.717, 1.165) is 18.1 Å². The van der Waals surface area contributed by atoms with Crippen molar-refractivity contribution in [1.82, 2.24) is 20.1 Å². The van der Waals surface area contributed by atoms with Crippen LogP contribution >= 0.6 is 0 Å². The number of aryl methyl sites for hydroxylation is 1. The second-order valence-electron chi connectivity index (χ2n) is 4.12. The lowest BCUT2D eigenvalue weighted by atomic mass is 10.1. The topological polar surface area (TPSA) is 42.7 Å². The summed E-state index contributed by atoms with van der Waals surface area (Å²) in [5.74, 6) is 2.55. The van der Waals surface area contributed by atoms with Crippen LogP contribution in [-0.4, -0.2) is 21.8 Å². The summed E-state index contributed by atoms with van der Waals surface area (Å²) >= 11 is 0. The fourth-order valence-electron chi connectivity index (χ4n) is 1.41. The van der Waals surface area contributed by atoms with Gasteiger partial charge in [0.25, 0.3) is 0 Å². The lowest BCUT2D eigenvalue weighted by Gasteiger charge is -2.07. The van der Waals surface area contributed by atoms with Gasteiger partial charge >= 0.3 is 0 Å². The fourth-order valence-corrected chi connectivity index (χ4v) is 1.41. The molecule has 0 saturated carbocycles. The van der Waals surface area contributed by atoms with Crippen molar-refractivity contribution < 1.29 is 0 Å². The molecule has 0 aliphatic heterocycles. The van der Waals surface area contributed by atoms with Crippen LogP contribution < -0.4 is 5.32 Å². The zero-order valence-electron chi connectivity index (χ0n) is 9.70. The summed E-state index contributed by atoms with van der Waals surface area (Å²) in [4.78, 5) is 4.51. The average molecular weight is 196 g/mol. The quantitative estimate of drug-likeness (QED) is 0.789. The SMILES string of the molecule is CNC(C)c1nc(CC(C)C)nn1C. The molecule has 0 saturated heterocycles. The molecule has 0 amide bonds. The minimum absolute atomic E-state index is 0.258. The van der Waals surface area contributed by atoms with Crippen molar-refractivity contribution in [3.63, 3.8) is 0 Å². The molecule has 14 heavy (non-hydrogen) atoms. The molecule has 1 aromatic rings. The Morgan fingerprint density at radius 1 is 1.36 bits per heavy atom. The molecule has 1 unspecified atom stereocenters. The lowest BCUT2D eigenvalue weighted by molar-refractivity contribution is 0.563. The van der Waals surface area contributed by atoms with Gasteiger partial charge in [-0.15, -0.1) is 0 Å². The molecule has 4 nitrogen and oxygen atoms in total. The largest absolute Gasteiger partial charge is 0.311 e. The summed E-state index contributed by atoms with van der Waals surface area (Å²) in [6, 6.07) is 0.258. The summed E-state index contributed by atoms with van der Waals surface area (Å²) < 4.78 is 1.86. The van der Waals surface area contributed by atoms with Gasteiger partial charge in [-0.2, -0.15) is 5.10 Å². The van der Waals surface area contributed by atoms with Crippen molar-refractivity contribution in [2.24, 2.45) is 13.0 Å². The molecule has 1 atom stereocenters. The van der Waals surface area contributed by atoms with Crippen molar-refractivity contribution in [1.29, 1.82) is 0 Å². The van der Waals surface area contributed by atoms with Gasteiger partial charge in [0.1, 0.15) is 5.82 Å². The summed E-state index contributed by atoms with van der Waals surface area (Å²) in [6.45, 7) is 6.44. The van der Waals surface area contributed by atoms with Gasteiger partial charge in [0, 0.05) is 13.5 Å². The van der Waals surface area contributed by atoms with Crippen molar-refractivity contribution in [3.8, 4) is 0 Å². The lowest BCUT2D eigenvalue weighted by Crippen LogP contribution is -2.16. The Balaban J connectivity index is 2.82. The third-order valence-electron chi connectivity index (χ3n) is 2.25. The predicted octanol–water partition coefficient (Wildman–Crippen LogP) is 1.29.